The van der Waals surface area contributed by atoms with Gasteiger partial charge >= 0.3 is 12.1 Å². The minimum Gasteiger partial charge on any atom is -0.491 e. The molecule has 3 amide bonds. The lowest BCUT2D eigenvalue weighted by molar-refractivity contribution is -0.178. The number of aliphatic hydroxyl groups is 1. The van der Waals surface area contributed by atoms with Gasteiger partial charge in [-0.05, 0) is 40.5 Å². The second-order valence-electron chi connectivity index (χ2n) is 12.6. The molecule has 0 bridgehead atoms. The lowest BCUT2D eigenvalue weighted by Gasteiger charge is -2.46. The number of imide groups is 1. The number of methoxy groups -OCH3 is 1. The lowest BCUT2D eigenvalue weighted by atomic mass is 9.65. The highest BCUT2D eigenvalue weighted by molar-refractivity contribution is 6.23. The Morgan fingerprint density at radius 1 is 0.804 bits per heavy atom. The maximum atomic E-state index is 15.4. The van der Waals surface area contributed by atoms with Crippen molar-refractivity contribution in [3.05, 3.63) is 131 Å². The summed E-state index contributed by atoms with van der Waals surface area (Å²) in [5.74, 6) is -3.41. The molecule has 1 spiro atoms. The highest BCUT2D eigenvalue weighted by Gasteiger charge is 2.75. The van der Waals surface area contributed by atoms with Crippen LogP contribution in [0.3, 0.4) is 0 Å². The van der Waals surface area contributed by atoms with Crippen LogP contribution in [0.5, 0.6) is 5.75 Å². The number of esters is 1. The number of fused-ring (bicyclic) bond motifs is 3. The number of morpholine rings is 1. The number of anilines is 1. The third kappa shape index (κ3) is 5.52. The van der Waals surface area contributed by atoms with Crippen LogP contribution in [-0.4, -0.2) is 73.5 Å². The fourth-order valence-corrected chi connectivity index (χ4v) is 8.06. The molecule has 6 atom stereocenters. The summed E-state index contributed by atoms with van der Waals surface area (Å²) < 4.78 is 22.5. The van der Waals surface area contributed by atoms with Crippen LogP contribution in [0.4, 0.5) is 10.5 Å². The quantitative estimate of drug-likeness (QED) is 0.184. The maximum absolute atomic E-state index is 15.4. The fraction of sp³-hybridized carbons (Fsp3) is 0.282. The van der Waals surface area contributed by atoms with Gasteiger partial charge in [-0.3, -0.25) is 19.3 Å². The van der Waals surface area contributed by atoms with E-state index in [4.69, 9.17) is 24.7 Å². The number of para-hydroxylation sites is 1. The molecule has 0 unspecified atom stereocenters. The van der Waals surface area contributed by atoms with E-state index < -0.39 is 59.4 Å². The lowest BCUT2D eigenvalue weighted by Crippen LogP contribution is -2.55. The van der Waals surface area contributed by atoms with Gasteiger partial charge in [0.15, 0.2) is 0 Å². The molecule has 4 aromatic rings. The average Bonchev–Trinajstić information content (AvgIpc) is 3.61. The number of ether oxygens (including phenoxy) is 4. The van der Waals surface area contributed by atoms with Crippen LogP contribution >= 0.6 is 0 Å². The minimum absolute atomic E-state index is 0.0668. The number of benzene rings is 4. The van der Waals surface area contributed by atoms with E-state index in [2.05, 4.69) is 0 Å². The number of primary amides is 1. The Balaban J connectivity index is 1.51. The van der Waals surface area contributed by atoms with E-state index in [0.717, 1.165) is 10.5 Å². The van der Waals surface area contributed by atoms with Crippen molar-refractivity contribution in [1.29, 1.82) is 0 Å². The van der Waals surface area contributed by atoms with Gasteiger partial charge in [0.25, 0.3) is 0 Å². The average molecular weight is 692 g/mol. The molecule has 2 fully saturated rings. The molecular formula is C39H37N3O9. The molecule has 51 heavy (non-hydrogen) atoms. The molecule has 0 aliphatic carbocycles. The van der Waals surface area contributed by atoms with E-state index in [0.29, 0.717) is 22.4 Å². The highest BCUT2D eigenvalue weighted by Crippen LogP contribution is 2.65. The maximum Gasteiger partial charge on any atom is 0.421 e. The van der Waals surface area contributed by atoms with Crippen molar-refractivity contribution >= 4 is 29.6 Å². The third-order valence-corrected chi connectivity index (χ3v) is 9.92. The topological polar surface area (TPSA) is 158 Å². The number of nitrogens with zero attached hydrogens (tertiary/aromatic N) is 2. The van der Waals surface area contributed by atoms with Gasteiger partial charge in [0, 0.05) is 7.11 Å². The number of cyclic esters (lactones) is 1. The predicted molar refractivity (Wildman–Crippen MR) is 183 cm³/mol. The molecule has 12 nitrogen and oxygen atoms in total. The molecule has 0 radical (unpaired) electrons. The van der Waals surface area contributed by atoms with Crippen molar-refractivity contribution in [2.45, 2.75) is 29.6 Å². The van der Waals surface area contributed by atoms with Crippen molar-refractivity contribution in [1.82, 2.24) is 4.90 Å². The molecule has 4 aromatic carbocycles. The number of nitrogens with two attached hydrogens (primary N) is 1. The molecule has 12 heteroatoms. The van der Waals surface area contributed by atoms with Gasteiger partial charge < -0.3 is 29.8 Å². The number of hydrogen-bond donors (Lipinski definition) is 2. The first kappa shape index (κ1) is 33.9. The predicted octanol–water partition coefficient (Wildman–Crippen LogP) is 3.99. The molecule has 3 heterocycles. The largest absolute Gasteiger partial charge is 0.491 e. The zero-order valence-corrected chi connectivity index (χ0v) is 27.8. The summed E-state index contributed by atoms with van der Waals surface area (Å²) in [7, 11) is 1.46. The molecule has 0 saturated carbocycles. The SMILES string of the molecule is COCCOC(=O)N1C(=O)[C@@]2(c3ccccc31)[C@H](c1ccc(OCCO)cc1)N1[C@H](c3ccccc3)[C@H](c3ccccc3)OC(=O)[C@H]1[C@@H]2C(N)=O. The van der Waals surface area contributed by atoms with Gasteiger partial charge in [-0.25, -0.2) is 9.69 Å². The van der Waals surface area contributed by atoms with E-state index in [1.807, 2.05) is 65.6 Å². The fourth-order valence-electron chi connectivity index (χ4n) is 8.06. The second-order valence-corrected chi connectivity index (χ2v) is 12.6. The van der Waals surface area contributed by atoms with Gasteiger partial charge in [-0.2, -0.15) is 0 Å². The Bertz CT molecular complexity index is 1920. The van der Waals surface area contributed by atoms with Gasteiger partial charge in [0.1, 0.15) is 36.5 Å². The summed E-state index contributed by atoms with van der Waals surface area (Å²) in [6.45, 7) is -0.148. The Morgan fingerprint density at radius 2 is 1.45 bits per heavy atom. The molecule has 262 valence electrons. The van der Waals surface area contributed by atoms with Crippen LogP contribution in [0.2, 0.25) is 0 Å². The van der Waals surface area contributed by atoms with E-state index in [-0.39, 0.29) is 32.1 Å². The first-order valence-corrected chi connectivity index (χ1v) is 16.6. The zero-order chi connectivity index (χ0) is 35.7. The number of carbonyl (C=O) groups excluding carboxylic acids is 4. The molecule has 3 aliphatic heterocycles. The van der Waals surface area contributed by atoms with Crippen molar-refractivity contribution in [3.63, 3.8) is 0 Å². The first-order valence-electron chi connectivity index (χ1n) is 16.6. The van der Waals surface area contributed by atoms with Crippen LogP contribution < -0.4 is 15.4 Å². The highest BCUT2D eigenvalue weighted by atomic mass is 16.6. The van der Waals surface area contributed by atoms with Crippen molar-refractivity contribution in [2.24, 2.45) is 11.7 Å². The summed E-state index contributed by atoms with van der Waals surface area (Å²) in [5, 5.41) is 9.34. The summed E-state index contributed by atoms with van der Waals surface area (Å²) in [6, 6.07) is 29.2. The van der Waals surface area contributed by atoms with Crippen LogP contribution in [-0.2, 0) is 34.0 Å². The molecule has 3 N–H and O–H groups in total. The Morgan fingerprint density at radius 3 is 2.10 bits per heavy atom. The smallest absolute Gasteiger partial charge is 0.421 e. The minimum atomic E-state index is -1.89. The summed E-state index contributed by atoms with van der Waals surface area (Å²) in [5.41, 5.74) is 7.00. The second kappa shape index (κ2) is 14.0. The summed E-state index contributed by atoms with van der Waals surface area (Å²) >= 11 is 0. The molecule has 3 aliphatic rings. The van der Waals surface area contributed by atoms with Crippen LogP contribution in [0.15, 0.2) is 109 Å². The zero-order valence-electron chi connectivity index (χ0n) is 27.8. The Hall–Kier alpha value is -5.56. The normalized spacial score (nSPS) is 25.3. The summed E-state index contributed by atoms with van der Waals surface area (Å²) in [4.78, 5) is 60.4. The number of carbonyl (C=O) groups is 4. The standard InChI is InChI=1S/C39H37N3O9/c1-48-22-23-50-38(47)41-29-15-9-8-14-28(29)39(37(41)46)30(35(40)44)32-36(45)51-33(25-12-6-3-7-13-25)31(24-10-4-2-5-11-24)42(32)34(39)26-16-18-27(19-17-26)49-21-20-43/h2-19,30-34,43H,20-23H2,1H3,(H2,40,44)/t30-,31-,32-,33+,34+,39-/m1/s1. The van der Waals surface area contributed by atoms with E-state index in [1.54, 1.807) is 48.5 Å². The van der Waals surface area contributed by atoms with Gasteiger partial charge in [0.2, 0.25) is 11.8 Å². The van der Waals surface area contributed by atoms with Gasteiger partial charge in [-0.1, -0.05) is 91.0 Å². The van der Waals surface area contributed by atoms with Crippen LogP contribution in [0.25, 0.3) is 0 Å². The van der Waals surface area contributed by atoms with Crippen LogP contribution in [0, 0.1) is 5.92 Å². The molecular weight excluding hydrogens is 654 g/mol. The summed E-state index contributed by atoms with van der Waals surface area (Å²) in [6.07, 6.45) is -1.80. The third-order valence-electron chi connectivity index (χ3n) is 9.92. The van der Waals surface area contributed by atoms with E-state index >= 15 is 4.79 Å². The Kier molecular flexibility index (Phi) is 9.30. The van der Waals surface area contributed by atoms with Gasteiger partial charge in [-0.15, -0.1) is 0 Å². The first-order chi connectivity index (χ1) is 24.8. The number of amides is 3. The van der Waals surface area contributed by atoms with E-state index in [9.17, 15) is 19.5 Å². The molecule has 7 rings (SSSR count). The molecule has 2 saturated heterocycles. The molecule has 0 aromatic heterocycles. The van der Waals surface area contributed by atoms with E-state index in [1.165, 1.54) is 7.11 Å². The Labute approximate surface area is 294 Å². The van der Waals surface area contributed by atoms with Gasteiger partial charge in [0.05, 0.1) is 36.9 Å². The van der Waals surface area contributed by atoms with Crippen molar-refractivity contribution in [3.8, 4) is 5.75 Å². The van der Waals surface area contributed by atoms with Crippen molar-refractivity contribution < 1.29 is 43.2 Å². The number of rotatable bonds is 10. The number of aliphatic hydroxyl groups excluding tert-OH is 1. The van der Waals surface area contributed by atoms with Crippen LogP contribution in [0.1, 0.15) is 40.4 Å². The number of hydrogen-bond acceptors (Lipinski definition) is 10. The van der Waals surface area contributed by atoms with Crippen molar-refractivity contribution in [2.75, 3.05) is 38.4 Å². The monoisotopic (exact) mass is 691 g/mol.